The monoisotopic (exact) mass is 588 g/mol. The topological polar surface area (TPSA) is 92.7 Å². The van der Waals surface area contributed by atoms with E-state index in [9.17, 15) is 4.79 Å². The largest absolute Gasteiger partial charge is 0.357 e. The number of hydrogen-bond donors (Lipinski definition) is 2. The van der Waals surface area contributed by atoms with Crippen molar-refractivity contribution in [1.82, 2.24) is 20.4 Å². The Morgan fingerprint density at radius 1 is 0.947 bits per heavy atom. The SMILES string of the molecule is CC(Cc1ccccc1Cl)Nc1nncs1.O=C(Cc1ccccc1Cl)Nc1nnc(C2CCCCC2)s1. The number of benzene rings is 2. The van der Waals surface area contributed by atoms with Gasteiger partial charge in [-0.15, -0.1) is 20.4 Å². The van der Waals surface area contributed by atoms with Crippen LogP contribution in [-0.2, 0) is 17.6 Å². The van der Waals surface area contributed by atoms with E-state index < -0.39 is 0 Å². The van der Waals surface area contributed by atoms with Gasteiger partial charge in [0.15, 0.2) is 0 Å². The molecule has 1 unspecified atom stereocenters. The van der Waals surface area contributed by atoms with Gasteiger partial charge in [0, 0.05) is 22.0 Å². The van der Waals surface area contributed by atoms with E-state index in [0.717, 1.165) is 32.7 Å². The molecule has 1 aliphatic carbocycles. The molecule has 7 nitrogen and oxygen atoms in total. The maximum Gasteiger partial charge on any atom is 0.230 e. The summed E-state index contributed by atoms with van der Waals surface area (Å²) in [7, 11) is 0. The quantitative estimate of drug-likeness (QED) is 0.219. The Morgan fingerprint density at radius 2 is 1.63 bits per heavy atom. The van der Waals surface area contributed by atoms with Crippen molar-refractivity contribution in [3.8, 4) is 0 Å². The molecule has 2 aromatic heterocycles. The average molecular weight is 590 g/mol. The van der Waals surface area contributed by atoms with Crippen molar-refractivity contribution in [3.63, 3.8) is 0 Å². The molecular weight excluding hydrogens is 559 g/mol. The summed E-state index contributed by atoms with van der Waals surface area (Å²) in [5, 5.41) is 26.1. The van der Waals surface area contributed by atoms with Gasteiger partial charge >= 0.3 is 0 Å². The highest BCUT2D eigenvalue weighted by Crippen LogP contribution is 2.35. The van der Waals surface area contributed by atoms with E-state index in [2.05, 4.69) is 38.0 Å². The van der Waals surface area contributed by atoms with Crippen molar-refractivity contribution < 1.29 is 4.79 Å². The summed E-state index contributed by atoms with van der Waals surface area (Å²) >= 11 is 15.2. The zero-order valence-corrected chi connectivity index (χ0v) is 24.2. The predicted octanol–water partition coefficient (Wildman–Crippen LogP) is 7.66. The molecule has 0 saturated heterocycles. The average Bonchev–Trinajstić information content (AvgIpc) is 3.60. The van der Waals surface area contributed by atoms with Crippen LogP contribution in [0.3, 0.4) is 0 Å². The Morgan fingerprint density at radius 3 is 2.29 bits per heavy atom. The van der Waals surface area contributed by atoms with Crippen LogP contribution in [0.25, 0.3) is 0 Å². The van der Waals surface area contributed by atoms with Crippen LogP contribution in [0.2, 0.25) is 10.0 Å². The van der Waals surface area contributed by atoms with Crippen molar-refractivity contribution in [2.45, 2.75) is 63.8 Å². The Balaban J connectivity index is 0.000000186. The van der Waals surface area contributed by atoms with Crippen LogP contribution in [0, 0.1) is 0 Å². The van der Waals surface area contributed by atoms with Crippen LogP contribution in [0.1, 0.15) is 61.1 Å². The summed E-state index contributed by atoms with van der Waals surface area (Å²) in [6.07, 6.45) is 7.33. The van der Waals surface area contributed by atoms with Crippen LogP contribution in [0.15, 0.2) is 54.0 Å². The van der Waals surface area contributed by atoms with Crippen molar-refractivity contribution in [1.29, 1.82) is 0 Å². The van der Waals surface area contributed by atoms with Crippen LogP contribution < -0.4 is 10.6 Å². The fraction of sp³-hybridized carbons (Fsp3) is 0.370. The smallest absolute Gasteiger partial charge is 0.230 e. The summed E-state index contributed by atoms with van der Waals surface area (Å²) in [5.41, 5.74) is 3.68. The van der Waals surface area contributed by atoms with Gasteiger partial charge in [-0.3, -0.25) is 4.79 Å². The fourth-order valence-electron chi connectivity index (χ4n) is 4.27. The molecule has 1 aliphatic rings. The van der Waals surface area contributed by atoms with Crippen LogP contribution in [-0.4, -0.2) is 32.3 Å². The van der Waals surface area contributed by atoms with E-state index in [1.54, 1.807) is 11.6 Å². The minimum atomic E-state index is -0.112. The van der Waals surface area contributed by atoms with Crippen molar-refractivity contribution in [2.75, 3.05) is 10.6 Å². The van der Waals surface area contributed by atoms with Crippen molar-refractivity contribution in [3.05, 3.63) is 80.2 Å². The van der Waals surface area contributed by atoms with E-state index >= 15 is 0 Å². The lowest BCUT2D eigenvalue weighted by molar-refractivity contribution is -0.115. The minimum absolute atomic E-state index is 0.112. The van der Waals surface area contributed by atoms with Gasteiger partial charge in [-0.25, -0.2) is 0 Å². The number of hydrogen-bond acceptors (Lipinski definition) is 8. The van der Waals surface area contributed by atoms with Gasteiger partial charge in [-0.2, -0.15) is 0 Å². The number of carbonyl (C=O) groups is 1. The molecule has 0 bridgehead atoms. The minimum Gasteiger partial charge on any atom is -0.357 e. The van der Waals surface area contributed by atoms with Gasteiger partial charge in [-0.05, 0) is 49.4 Å². The predicted molar refractivity (Wildman–Crippen MR) is 158 cm³/mol. The van der Waals surface area contributed by atoms with Crippen LogP contribution in [0.4, 0.5) is 10.3 Å². The Bertz CT molecular complexity index is 1290. The number of rotatable bonds is 8. The summed E-state index contributed by atoms with van der Waals surface area (Å²) in [6, 6.07) is 15.5. The first-order chi connectivity index (χ1) is 18.5. The molecule has 2 aromatic carbocycles. The molecule has 200 valence electrons. The Kier molecular flexibility index (Phi) is 10.9. The van der Waals surface area contributed by atoms with Crippen molar-refractivity contribution in [2.24, 2.45) is 0 Å². The molecule has 5 rings (SSSR count). The molecule has 1 saturated carbocycles. The number of halogens is 2. The number of carbonyl (C=O) groups excluding carboxylic acids is 1. The molecule has 1 atom stereocenters. The zero-order valence-electron chi connectivity index (χ0n) is 21.1. The lowest BCUT2D eigenvalue weighted by Gasteiger charge is -2.18. The maximum absolute atomic E-state index is 12.1. The highest BCUT2D eigenvalue weighted by molar-refractivity contribution is 7.15. The fourth-order valence-corrected chi connectivity index (χ4v) is 6.17. The number of anilines is 2. The third kappa shape index (κ3) is 8.73. The van der Waals surface area contributed by atoms with Crippen LogP contribution >= 0.6 is 45.9 Å². The standard InChI is InChI=1S/C16H18ClN3OS.C11H12ClN3S/c17-13-9-5-4-8-12(13)10-14(21)18-16-20-19-15(22-16)11-6-2-1-3-7-11;1-8(14-11-15-13-7-16-11)6-9-4-2-3-5-10(9)12/h4-5,8-9,11H,1-3,6-7,10H2,(H,18,20,21);2-5,7-8H,6H2,1H3,(H,14,15). The van der Waals surface area contributed by atoms with Gasteiger partial charge in [-0.1, -0.05) is 102 Å². The molecule has 0 aliphatic heterocycles. The molecule has 0 radical (unpaired) electrons. The highest BCUT2D eigenvalue weighted by Gasteiger charge is 2.20. The second-order valence-electron chi connectivity index (χ2n) is 9.18. The van der Waals surface area contributed by atoms with Gasteiger partial charge < -0.3 is 10.6 Å². The number of aromatic nitrogens is 4. The molecule has 0 spiro atoms. The summed E-state index contributed by atoms with van der Waals surface area (Å²) in [4.78, 5) is 12.1. The lowest BCUT2D eigenvalue weighted by atomic mass is 9.90. The summed E-state index contributed by atoms with van der Waals surface area (Å²) < 4.78 is 0. The lowest BCUT2D eigenvalue weighted by Crippen LogP contribution is -2.18. The second kappa shape index (κ2) is 14.5. The molecular formula is C27H30Cl2N6OS2. The highest BCUT2D eigenvalue weighted by atomic mass is 35.5. The molecule has 1 fully saturated rings. The van der Waals surface area contributed by atoms with Gasteiger partial charge in [0.05, 0.1) is 6.42 Å². The third-order valence-corrected chi connectivity index (χ3v) is 8.53. The first kappa shape index (κ1) is 28.4. The molecule has 2 heterocycles. The normalized spacial score (nSPS) is 14.3. The number of amides is 1. The van der Waals surface area contributed by atoms with Crippen molar-refractivity contribution >= 4 is 62.0 Å². The molecule has 38 heavy (non-hydrogen) atoms. The van der Waals surface area contributed by atoms with E-state index in [4.69, 9.17) is 23.2 Å². The number of nitrogens with one attached hydrogen (secondary N) is 2. The van der Waals surface area contributed by atoms with Gasteiger partial charge in [0.25, 0.3) is 0 Å². The Labute approximate surface area is 241 Å². The third-order valence-electron chi connectivity index (χ3n) is 6.16. The first-order valence-electron chi connectivity index (χ1n) is 12.6. The van der Waals surface area contributed by atoms with E-state index in [0.29, 0.717) is 16.1 Å². The zero-order chi connectivity index (χ0) is 26.7. The summed E-state index contributed by atoms with van der Waals surface area (Å²) in [5.74, 6) is 0.403. The second-order valence-corrected chi connectivity index (χ2v) is 11.8. The number of nitrogens with zero attached hydrogens (tertiary/aromatic N) is 4. The molecule has 1 amide bonds. The van der Waals surface area contributed by atoms with Gasteiger partial charge in [0.1, 0.15) is 10.5 Å². The maximum atomic E-state index is 12.1. The molecule has 4 aromatic rings. The first-order valence-corrected chi connectivity index (χ1v) is 15.1. The van der Waals surface area contributed by atoms with E-state index in [-0.39, 0.29) is 18.4 Å². The van der Waals surface area contributed by atoms with E-state index in [1.807, 2.05) is 42.5 Å². The molecule has 11 heteroatoms. The van der Waals surface area contributed by atoms with Gasteiger partial charge in [0.2, 0.25) is 16.2 Å². The van der Waals surface area contributed by atoms with Crippen LogP contribution in [0.5, 0.6) is 0 Å². The van der Waals surface area contributed by atoms with E-state index in [1.165, 1.54) is 54.8 Å². The summed E-state index contributed by atoms with van der Waals surface area (Å²) in [6.45, 7) is 2.10. The molecule has 2 N–H and O–H groups in total. The Hall–Kier alpha value is -2.59.